The Morgan fingerprint density at radius 2 is 2.00 bits per heavy atom. The standard InChI is InChI=1S/C14H20N2O2/c1-15-11-12-7-3-4-8-13(12)16(14(15)18)9-5-2-6-10-17/h3-4,7-8,17H,2,5-6,9-11H2,1H3. The minimum absolute atomic E-state index is 0.0673. The van der Waals surface area contributed by atoms with Crippen LogP contribution in [0.2, 0.25) is 0 Å². The van der Waals surface area contributed by atoms with E-state index in [0.29, 0.717) is 6.54 Å². The molecule has 0 radical (unpaired) electrons. The zero-order valence-corrected chi connectivity index (χ0v) is 10.8. The van der Waals surface area contributed by atoms with Crippen molar-refractivity contribution in [3.8, 4) is 0 Å². The van der Waals surface area contributed by atoms with Crippen LogP contribution >= 0.6 is 0 Å². The third-order valence-electron chi connectivity index (χ3n) is 3.29. The van der Waals surface area contributed by atoms with Gasteiger partial charge in [-0.2, -0.15) is 0 Å². The van der Waals surface area contributed by atoms with Gasteiger partial charge >= 0.3 is 6.03 Å². The van der Waals surface area contributed by atoms with Crippen molar-refractivity contribution < 1.29 is 9.90 Å². The molecule has 0 fully saturated rings. The Kier molecular flexibility index (Phi) is 4.20. The van der Waals surface area contributed by atoms with Crippen molar-refractivity contribution in [3.63, 3.8) is 0 Å². The summed E-state index contributed by atoms with van der Waals surface area (Å²) in [6.07, 6.45) is 2.68. The van der Waals surface area contributed by atoms with Crippen molar-refractivity contribution in [3.05, 3.63) is 29.8 Å². The van der Waals surface area contributed by atoms with E-state index in [1.54, 1.807) is 4.90 Å². The Balaban J connectivity index is 2.09. The van der Waals surface area contributed by atoms with Gasteiger partial charge in [0.05, 0.1) is 5.69 Å². The second-order valence-corrected chi connectivity index (χ2v) is 4.70. The van der Waals surface area contributed by atoms with Gasteiger partial charge < -0.3 is 10.0 Å². The lowest BCUT2D eigenvalue weighted by molar-refractivity contribution is 0.210. The lowest BCUT2D eigenvalue weighted by Gasteiger charge is -2.35. The van der Waals surface area contributed by atoms with Gasteiger partial charge in [-0.1, -0.05) is 18.2 Å². The smallest absolute Gasteiger partial charge is 0.324 e. The summed E-state index contributed by atoms with van der Waals surface area (Å²) in [5.74, 6) is 0. The molecule has 18 heavy (non-hydrogen) atoms. The Hall–Kier alpha value is -1.55. The summed E-state index contributed by atoms with van der Waals surface area (Å²) in [6.45, 7) is 1.63. The monoisotopic (exact) mass is 248 g/mol. The maximum atomic E-state index is 12.2. The number of benzene rings is 1. The highest BCUT2D eigenvalue weighted by Gasteiger charge is 2.26. The highest BCUT2D eigenvalue weighted by molar-refractivity contribution is 5.94. The molecule has 0 aliphatic carbocycles. The summed E-state index contributed by atoms with van der Waals surface area (Å²) >= 11 is 0. The number of amides is 2. The maximum absolute atomic E-state index is 12.2. The number of carbonyl (C=O) groups excluding carboxylic acids is 1. The quantitative estimate of drug-likeness (QED) is 0.812. The van der Waals surface area contributed by atoms with Crippen LogP contribution in [0.1, 0.15) is 24.8 Å². The van der Waals surface area contributed by atoms with Crippen molar-refractivity contribution in [2.75, 3.05) is 25.1 Å². The number of urea groups is 1. The van der Waals surface area contributed by atoms with E-state index in [1.165, 1.54) is 5.56 Å². The first kappa shape index (κ1) is 12.9. The lowest BCUT2D eigenvalue weighted by Crippen LogP contribution is -2.45. The van der Waals surface area contributed by atoms with Gasteiger partial charge in [0.25, 0.3) is 0 Å². The normalized spacial score (nSPS) is 14.9. The van der Waals surface area contributed by atoms with E-state index in [0.717, 1.165) is 31.5 Å². The van der Waals surface area contributed by atoms with Crippen LogP contribution < -0.4 is 4.90 Å². The van der Waals surface area contributed by atoms with Crippen LogP contribution in [-0.2, 0) is 6.54 Å². The molecular weight excluding hydrogens is 228 g/mol. The number of rotatable bonds is 5. The summed E-state index contributed by atoms with van der Waals surface area (Å²) in [6, 6.07) is 8.12. The number of nitrogens with zero attached hydrogens (tertiary/aromatic N) is 2. The van der Waals surface area contributed by atoms with E-state index in [2.05, 4.69) is 6.07 Å². The van der Waals surface area contributed by atoms with Gasteiger partial charge in [-0.15, -0.1) is 0 Å². The number of carbonyl (C=O) groups is 1. The van der Waals surface area contributed by atoms with Crippen LogP contribution in [0.5, 0.6) is 0 Å². The summed E-state index contributed by atoms with van der Waals surface area (Å²) in [4.78, 5) is 15.7. The molecule has 0 bridgehead atoms. The topological polar surface area (TPSA) is 43.8 Å². The van der Waals surface area contributed by atoms with Crippen molar-refractivity contribution in [2.45, 2.75) is 25.8 Å². The Bertz CT molecular complexity index is 420. The van der Waals surface area contributed by atoms with Gasteiger partial charge in [-0.05, 0) is 30.9 Å². The third kappa shape index (κ3) is 2.64. The molecule has 1 heterocycles. The van der Waals surface area contributed by atoms with Crippen molar-refractivity contribution in [2.24, 2.45) is 0 Å². The van der Waals surface area contributed by atoms with Crippen LogP contribution in [0.15, 0.2) is 24.3 Å². The van der Waals surface area contributed by atoms with Crippen LogP contribution in [0.3, 0.4) is 0 Å². The van der Waals surface area contributed by atoms with Crippen LogP contribution in [0, 0.1) is 0 Å². The highest BCUT2D eigenvalue weighted by atomic mass is 16.3. The van der Waals surface area contributed by atoms with E-state index in [4.69, 9.17) is 5.11 Å². The lowest BCUT2D eigenvalue weighted by atomic mass is 10.1. The third-order valence-corrected chi connectivity index (χ3v) is 3.29. The zero-order valence-electron chi connectivity index (χ0n) is 10.8. The van der Waals surface area contributed by atoms with Gasteiger partial charge in [0, 0.05) is 26.7 Å². The molecule has 1 aliphatic heterocycles. The van der Waals surface area contributed by atoms with Crippen molar-refractivity contribution >= 4 is 11.7 Å². The summed E-state index contributed by atoms with van der Waals surface area (Å²) < 4.78 is 0. The summed E-state index contributed by atoms with van der Waals surface area (Å²) in [5.41, 5.74) is 2.23. The molecule has 1 aliphatic rings. The second kappa shape index (κ2) is 5.87. The van der Waals surface area contributed by atoms with E-state index >= 15 is 0 Å². The molecule has 2 rings (SSSR count). The van der Waals surface area contributed by atoms with Crippen molar-refractivity contribution in [1.82, 2.24) is 4.90 Å². The predicted octanol–water partition coefficient (Wildman–Crippen LogP) is 2.22. The van der Waals surface area contributed by atoms with Crippen molar-refractivity contribution in [1.29, 1.82) is 0 Å². The first-order valence-electron chi connectivity index (χ1n) is 6.45. The molecule has 4 nitrogen and oxygen atoms in total. The molecule has 2 amide bonds. The van der Waals surface area contributed by atoms with Crippen LogP contribution in [-0.4, -0.2) is 36.2 Å². The SMILES string of the molecule is CN1Cc2ccccc2N(CCCCCO)C1=O. The van der Waals surface area contributed by atoms with Gasteiger partial charge in [-0.25, -0.2) is 4.79 Å². The van der Waals surface area contributed by atoms with Crippen LogP contribution in [0.25, 0.3) is 0 Å². The molecule has 1 aromatic rings. The first-order valence-corrected chi connectivity index (χ1v) is 6.45. The minimum atomic E-state index is 0.0673. The molecule has 0 aromatic heterocycles. The largest absolute Gasteiger partial charge is 0.396 e. The van der Waals surface area contributed by atoms with Gasteiger partial charge in [-0.3, -0.25) is 4.90 Å². The van der Waals surface area contributed by atoms with E-state index < -0.39 is 0 Å². The van der Waals surface area contributed by atoms with E-state index in [-0.39, 0.29) is 12.6 Å². The average Bonchev–Trinajstić information content (AvgIpc) is 2.38. The molecule has 4 heteroatoms. The summed E-state index contributed by atoms with van der Waals surface area (Å²) in [5, 5.41) is 8.77. The number of aliphatic hydroxyl groups is 1. The second-order valence-electron chi connectivity index (χ2n) is 4.70. The first-order chi connectivity index (χ1) is 8.74. The fourth-order valence-corrected chi connectivity index (χ4v) is 2.31. The summed E-state index contributed by atoms with van der Waals surface area (Å²) in [7, 11) is 1.83. The molecule has 98 valence electrons. The molecule has 0 saturated heterocycles. The molecule has 0 atom stereocenters. The average molecular weight is 248 g/mol. The Morgan fingerprint density at radius 3 is 2.78 bits per heavy atom. The number of unbranched alkanes of at least 4 members (excludes halogenated alkanes) is 2. The van der Waals surface area contributed by atoms with Crippen LogP contribution in [0.4, 0.5) is 10.5 Å². The highest BCUT2D eigenvalue weighted by Crippen LogP contribution is 2.27. The molecule has 0 spiro atoms. The zero-order chi connectivity index (χ0) is 13.0. The molecule has 0 saturated carbocycles. The molecule has 1 N–H and O–H groups in total. The number of para-hydroxylation sites is 1. The fraction of sp³-hybridized carbons (Fsp3) is 0.500. The van der Waals surface area contributed by atoms with Gasteiger partial charge in [0.1, 0.15) is 0 Å². The fourth-order valence-electron chi connectivity index (χ4n) is 2.31. The number of hydrogen-bond acceptors (Lipinski definition) is 2. The number of aliphatic hydroxyl groups excluding tert-OH is 1. The van der Waals surface area contributed by atoms with E-state index in [1.807, 2.05) is 30.1 Å². The minimum Gasteiger partial charge on any atom is -0.396 e. The number of fused-ring (bicyclic) bond motifs is 1. The Morgan fingerprint density at radius 1 is 1.22 bits per heavy atom. The Labute approximate surface area is 108 Å². The van der Waals surface area contributed by atoms with Gasteiger partial charge in [0.15, 0.2) is 0 Å². The maximum Gasteiger partial charge on any atom is 0.324 e. The molecule has 1 aromatic carbocycles. The van der Waals surface area contributed by atoms with Gasteiger partial charge in [0.2, 0.25) is 0 Å². The predicted molar refractivity (Wildman–Crippen MR) is 71.6 cm³/mol. The number of anilines is 1. The van der Waals surface area contributed by atoms with E-state index in [9.17, 15) is 4.79 Å². The molecule has 0 unspecified atom stereocenters. The number of hydrogen-bond donors (Lipinski definition) is 1. The molecular formula is C14H20N2O2.